The molecule has 1 fully saturated rings. The molecule has 1 aliphatic rings. The number of hydrogen-bond donors (Lipinski definition) is 1. The maximum atomic E-state index is 13.4. The van der Waals surface area contributed by atoms with Gasteiger partial charge in [0.25, 0.3) is 0 Å². The van der Waals surface area contributed by atoms with Crippen molar-refractivity contribution < 1.29 is 31.1 Å². The summed E-state index contributed by atoms with van der Waals surface area (Å²) in [5, 5.41) is 7.18. The Labute approximate surface area is 183 Å². The zero-order chi connectivity index (χ0) is 23.8. The van der Waals surface area contributed by atoms with Gasteiger partial charge in [0.05, 0.1) is 25.0 Å². The molecule has 14 heteroatoms. The predicted molar refractivity (Wildman–Crippen MR) is 108 cm³/mol. The van der Waals surface area contributed by atoms with Crippen molar-refractivity contribution in [2.45, 2.75) is 51.9 Å². The summed E-state index contributed by atoms with van der Waals surface area (Å²) in [5.41, 5.74) is -1.32. The van der Waals surface area contributed by atoms with E-state index in [9.17, 15) is 26.4 Å². The molecule has 1 saturated heterocycles. The molecular weight excluding hydrogens is 453 g/mol. The average Bonchev–Trinajstić information content (AvgIpc) is 2.99. The van der Waals surface area contributed by atoms with Gasteiger partial charge in [-0.05, 0) is 12.3 Å². The highest BCUT2D eigenvalue weighted by molar-refractivity contribution is 7.88. The van der Waals surface area contributed by atoms with Crippen molar-refractivity contribution >= 4 is 27.5 Å². The van der Waals surface area contributed by atoms with Crippen LogP contribution in [-0.2, 0) is 32.2 Å². The first-order valence-corrected chi connectivity index (χ1v) is 11.8. The summed E-state index contributed by atoms with van der Waals surface area (Å²) in [4.78, 5) is 19.3. The molecule has 0 amide bonds. The summed E-state index contributed by atoms with van der Waals surface area (Å²) in [6.07, 6.45) is -2.81. The van der Waals surface area contributed by atoms with Crippen LogP contribution in [0.1, 0.15) is 38.7 Å². The molecule has 2 aromatic rings. The van der Waals surface area contributed by atoms with Gasteiger partial charge < -0.3 is 10.1 Å². The van der Waals surface area contributed by atoms with Gasteiger partial charge in [-0.1, -0.05) is 13.8 Å². The number of nitrogens with one attached hydrogen (secondary N) is 1. The normalized spacial score (nSPS) is 20.6. The van der Waals surface area contributed by atoms with E-state index in [2.05, 4.69) is 20.4 Å². The SMILES string of the molecule is CC(=O)O[C@@H]1CN(S(C)(=O)=O)CC[C@H]1Nc1ncc2c(C(F)(F)F)nc(CC(C)C)n2n1. The van der Waals surface area contributed by atoms with Crippen LogP contribution in [0.3, 0.4) is 0 Å². The molecule has 2 atom stereocenters. The minimum Gasteiger partial charge on any atom is -0.459 e. The maximum Gasteiger partial charge on any atom is 0.435 e. The lowest BCUT2D eigenvalue weighted by atomic mass is 10.0. The lowest BCUT2D eigenvalue weighted by Gasteiger charge is -2.36. The molecular formula is C18H25F3N6O4S. The molecule has 0 spiro atoms. The van der Waals surface area contributed by atoms with Crippen LogP contribution >= 0.6 is 0 Å². The van der Waals surface area contributed by atoms with Crippen molar-refractivity contribution in [1.82, 2.24) is 23.9 Å². The van der Waals surface area contributed by atoms with Crippen molar-refractivity contribution in [3.63, 3.8) is 0 Å². The Kier molecular flexibility index (Phi) is 6.65. The van der Waals surface area contributed by atoms with Crippen molar-refractivity contribution in [2.24, 2.45) is 5.92 Å². The third kappa shape index (κ3) is 5.46. The van der Waals surface area contributed by atoms with Gasteiger partial charge in [-0.15, -0.1) is 5.10 Å². The quantitative estimate of drug-likeness (QED) is 0.624. The van der Waals surface area contributed by atoms with Gasteiger partial charge in [0.15, 0.2) is 5.69 Å². The van der Waals surface area contributed by atoms with Crippen LogP contribution in [-0.4, -0.2) is 69.8 Å². The summed E-state index contributed by atoms with van der Waals surface area (Å²) >= 11 is 0. The van der Waals surface area contributed by atoms with Gasteiger partial charge in [-0.25, -0.2) is 22.9 Å². The number of imidazole rings is 1. The number of hydrogen-bond acceptors (Lipinski definition) is 8. The Morgan fingerprint density at radius 3 is 2.62 bits per heavy atom. The van der Waals surface area contributed by atoms with Crippen molar-refractivity contribution in [1.29, 1.82) is 0 Å². The van der Waals surface area contributed by atoms with Gasteiger partial charge in [0.1, 0.15) is 17.4 Å². The number of halogens is 3. The first-order chi connectivity index (χ1) is 14.8. The van der Waals surface area contributed by atoms with Gasteiger partial charge >= 0.3 is 12.1 Å². The number of esters is 1. The molecule has 3 rings (SSSR count). The summed E-state index contributed by atoms with van der Waals surface area (Å²) in [7, 11) is -3.48. The van der Waals surface area contributed by atoms with Crippen LogP contribution in [0.25, 0.3) is 5.52 Å². The number of aromatic nitrogens is 4. The number of alkyl halides is 3. The van der Waals surface area contributed by atoms with E-state index in [1.165, 1.54) is 11.2 Å². The molecule has 10 nitrogen and oxygen atoms in total. The minimum atomic E-state index is -4.66. The molecule has 0 aromatic carbocycles. The van der Waals surface area contributed by atoms with Crippen molar-refractivity contribution in [3.05, 3.63) is 17.7 Å². The number of carbonyl (C=O) groups is 1. The van der Waals surface area contributed by atoms with E-state index < -0.39 is 40.0 Å². The van der Waals surface area contributed by atoms with Crippen molar-refractivity contribution in [3.8, 4) is 0 Å². The molecule has 0 aliphatic carbocycles. The molecule has 3 heterocycles. The topological polar surface area (TPSA) is 119 Å². The van der Waals surface area contributed by atoms with Crippen LogP contribution in [0, 0.1) is 5.92 Å². The van der Waals surface area contributed by atoms with Crippen LogP contribution in [0.2, 0.25) is 0 Å². The largest absolute Gasteiger partial charge is 0.459 e. The zero-order valence-corrected chi connectivity index (χ0v) is 18.9. The van der Waals surface area contributed by atoms with Crippen molar-refractivity contribution in [2.75, 3.05) is 24.7 Å². The van der Waals surface area contributed by atoms with E-state index in [1.54, 1.807) is 0 Å². The molecule has 1 N–H and O–H groups in total. The summed E-state index contributed by atoms with van der Waals surface area (Å²) in [6, 6.07) is -0.534. The molecule has 32 heavy (non-hydrogen) atoms. The zero-order valence-electron chi connectivity index (χ0n) is 18.0. The van der Waals surface area contributed by atoms with Gasteiger partial charge in [-0.2, -0.15) is 17.5 Å². The Bertz CT molecular complexity index is 1100. The van der Waals surface area contributed by atoms with Crippen LogP contribution < -0.4 is 5.32 Å². The highest BCUT2D eigenvalue weighted by atomic mass is 32.2. The third-order valence-electron chi connectivity index (χ3n) is 4.94. The van der Waals surface area contributed by atoms with E-state index in [-0.39, 0.29) is 49.1 Å². The van der Waals surface area contributed by atoms with E-state index in [0.29, 0.717) is 0 Å². The third-order valence-corrected chi connectivity index (χ3v) is 6.21. The smallest absolute Gasteiger partial charge is 0.435 e. The van der Waals surface area contributed by atoms with E-state index in [0.717, 1.165) is 17.0 Å². The highest BCUT2D eigenvalue weighted by Crippen LogP contribution is 2.32. The Hall–Kier alpha value is -2.48. The lowest BCUT2D eigenvalue weighted by Crippen LogP contribution is -2.53. The number of rotatable bonds is 6. The molecule has 2 aromatic heterocycles. The first-order valence-electron chi connectivity index (χ1n) is 9.96. The van der Waals surface area contributed by atoms with Crippen LogP contribution in [0.4, 0.5) is 19.1 Å². The summed E-state index contributed by atoms with van der Waals surface area (Å²) in [6.45, 7) is 5.04. The average molecular weight is 478 g/mol. The highest BCUT2D eigenvalue weighted by Gasteiger charge is 2.38. The van der Waals surface area contributed by atoms with Gasteiger partial charge in [0, 0.05) is 19.9 Å². The van der Waals surface area contributed by atoms with Crippen LogP contribution in [0.5, 0.6) is 0 Å². The number of carbonyl (C=O) groups excluding carboxylic acids is 1. The molecule has 0 bridgehead atoms. The van der Waals surface area contributed by atoms with Gasteiger partial charge in [-0.3, -0.25) is 4.79 Å². The fraction of sp³-hybridized carbons (Fsp3) is 0.667. The predicted octanol–water partition coefficient (Wildman–Crippen LogP) is 1.72. The fourth-order valence-electron chi connectivity index (χ4n) is 3.57. The van der Waals surface area contributed by atoms with E-state index in [1.807, 2.05) is 13.8 Å². The lowest BCUT2D eigenvalue weighted by molar-refractivity contribution is -0.148. The van der Waals surface area contributed by atoms with Crippen LogP contribution in [0.15, 0.2) is 6.20 Å². The number of nitrogens with zero attached hydrogens (tertiary/aromatic N) is 5. The number of ether oxygens (including phenoxy) is 1. The molecule has 178 valence electrons. The molecule has 1 aliphatic heterocycles. The second kappa shape index (κ2) is 8.81. The Morgan fingerprint density at radius 2 is 2.06 bits per heavy atom. The Morgan fingerprint density at radius 1 is 1.38 bits per heavy atom. The number of piperidine rings is 1. The summed E-state index contributed by atoms with van der Waals surface area (Å²) in [5.74, 6) is -0.376. The molecule has 0 saturated carbocycles. The number of fused-ring (bicyclic) bond motifs is 1. The Balaban J connectivity index is 1.92. The van der Waals surface area contributed by atoms with E-state index in [4.69, 9.17) is 4.74 Å². The molecule has 0 unspecified atom stereocenters. The standard InChI is InChI=1S/C18H25F3N6O4S/c1-10(2)7-15-24-16(18(19,20)21)13-8-22-17(25-27(13)15)23-12-5-6-26(32(4,29)30)9-14(12)31-11(3)28/h8,10,12,14H,5-7,9H2,1-4H3,(H,23,25)/t12-,14-/m1/s1. The molecule has 0 radical (unpaired) electrons. The monoisotopic (exact) mass is 478 g/mol. The maximum absolute atomic E-state index is 13.4. The number of sulfonamides is 1. The number of anilines is 1. The van der Waals surface area contributed by atoms with E-state index >= 15 is 0 Å². The fourth-order valence-corrected chi connectivity index (χ4v) is 4.42. The summed E-state index contributed by atoms with van der Waals surface area (Å²) < 4.78 is 71.5. The second-order valence-electron chi connectivity index (χ2n) is 8.16. The first kappa shape index (κ1) is 24.2. The minimum absolute atomic E-state index is 0.0172. The second-order valence-corrected chi connectivity index (χ2v) is 10.1. The van der Waals surface area contributed by atoms with Gasteiger partial charge in [0.2, 0.25) is 16.0 Å².